The quantitative estimate of drug-likeness (QED) is 0.667. The number of piperidine rings is 1. The van der Waals surface area contributed by atoms with Gasteiger partial charge in [0.05, 0.1) is 12.5 Å². The Kier molecular flexibility index (Phi) is 4.49. The maximum absolute atomic E-state index is 10.4. The van der Waals surface area contributed by atoms with E-state index < -0.39 is 12.1 Å². The molecule has 3 rings (SSSR count). The molecule has 116 valence electrons. The summed E-state index contributed by atoms with van der Waals surface area (Å²) in [6, 6.07) is 3.27. The Hall–Kier alpha value is -1.08. The molecule has 3 heterocycles. The molecule has 0 radical (unpaired) electrons. The largest absolute Gasteiger partial charge is 0.395 e. The van der Waals surface area contributed by atoms with Crippen molar-refractivity contribution in [3.05, 3.63) is 24.3 Å². The lowest BCUT2D eigenvalue weighted by molar-refractivity contribution is 0.0446. The van der Waals surface area contributed by atoms with Crippen molar-refractivity contribution >= 4 is 0 Å². The van der Waals surface area contributed by atoms with E-state index in [9.17, 15) is 10.2 Å². The molecule has 1 aromatic heterocycles. The third-order valence-corrected chi connectivity index (χ3v) is 5.00. The van der Waals surface area contributed by atoms with Crippen LogP contribution >= 0.6 is 0 Å². The summed E-state index contributed by atoms with van der Waals surface area (Å²) in [6.45, 7) is -0.169. The fraction of sp³-hybridized carbons (Fsp3) is 0.733. The van der Waals surface area contributed by atoms with Crippen molar-refractivity contribution in [2.24, 2.45) is 0 Å². The number of hydrogen-bond donors (Lipinski definition) is 3. The van der Waals surface area contributed by atoms with Gasteiger partial charge in [0.2, 0.25) is 0 Å². The predicted molar refractivity (Wildman–Crippen MR) is 78.6 cm³/mol. The summed E-state index contributed by atoms with van der Waals surface area (Å²) >= 11 is 0. The molecule has 21 heavy (non-hydrogen) atoms. The van der Waals surface area contributed by atoms with Gasteiger partial charge in [0, 0.05) is 30.5 Å². The lowest BCUT2D eigenvalue weighted by Crippen LogP contribution is -2.51. The number of hydrogen-bond acceptors (Lipinski definition) is 6. The standard InChI is InChI=1S/C15H24N4O2/c1-19-11-3-4-12(19)8-10(7-11)18-15(21)13(9-20)14-16-5-2-6-17-14/h2,5-6,10-13,15,18,20-21H,3-4,7-9H2,1H3. The Morgan fingerprint density at radius 3 is 2.48 bits per heavy atom. The Morgan fingerprint density at radius 2 is 1.90 bits per heavy atom. The SMILES string of the molecule is CN1C2CCC1CC(NC(O)C(CO)c1ncccn1)C2. The second-order valence-corrected chi connectivity index (χ2v) is 6.23. The van der Waals surface area contributed by atoms with Crippen LogP contribution in [0.15, 0.2) is 18.5 Å². The molecule has 2 saturated heterocycles. The molecule has 3 N–H and O–H groups in total. The van der Waals surface area contributed by atoms with E-state index >= 15 is 0 Å². The average Bonchev–Trinajstić information content (AvgIpc) is 2.72. The van der Waals surface area contributed by atoms with Crippen LogP contribution in [0, 0.1) is 0 Å². The Morgan fingerprint density at radius 1 is 1.29 bits per heavy atom. The Labute approximate surface area is 125 Å². The van der Waals surface area contributed by atoms with E-state index in [0.29, 0.717) is 23.9 Å². The summed E-state index contributed by atoms with van der Waals surface area (Å²) < 4.78 is 0. The van der Waals surface area contributed by atoms with Crippen molar-refractivity contribution in [1.29, 1.82) is 0 Å². The van der Waals surface area contributed by atoms with Gasteiger partial charge in [0.1, 0.15) is 12.1 Å². The molecule has 6 heteroatoms. The molecular formula is C15H24N4O2. The van der Waals surface area contributed by atoms with Crippen molar-refractivity contribution < 1.29 is 10.2 Å². The van der Waals surface area contributed by atoms with E-state index in [4.69, 9.17) is 0 Å². The van der Waals surface area contributed by atoms with Gasteiger partial charge in [-0.2, -0.15) is 0 Å². The number of aromatic nitrogens is 2. The highest BCUT2D eigenvalue weighted by Gasteiger charge is 2.39. The van der Waals surface area contributed by atoms with Gasteiger partial charge in [-0.1, -0.05) is 0 Å². The second kappa shape index (κ2) is 6.36. The summed E-state index contributed by atoms with van der Waals surface area (Å²) in [5.41, 5.74) is 0. The third-order valence-electron chi connectivity index (χ3n) is 5.00. The zero-order valence-electron chi connectivity index (χ0n) is 12.4. The first-order valence-corrected chi connectivity index (χ1v) is 7.73. The Balaban J connectivity index is 1.62. The summed E-state index contributed by atoms with van der Waals surface area (Å²) in [7, 11) is 2.20. The van der Waals surface area contributed by atoms with E-state index in [-0.39, 0.29) is 6.61 Å². The van der Waals surface area contributed by atoms with Crippen LogP contribution in [0.3, 0.4) is 0 Å². The highest BCUT2D eigenvalue weighted by Crippen LogP contribution is 2.34. The van der Waals surface area contributed by atoms with Gasteiger partial charge in [-0.15, -0.1) is 0 Å². The molecule has 6 nitrogen and oxygen atoms in total. The lowest BCUT2D eigenvalue weighted by Gasteiger charge is -2.38. The summed E-state index contributed by atoms with van der Waals surface area (Å²) in [5.74, 6) is -0.000548. The highest BCUT2D eigenvalue weighted by molar-refractivity contribution is 5.02. The first-order valence-electron chi connectivity index (χ1n) is 7.73. The topological polar surface area (TPSA) is 81.5 Å². The molecule has 1 aromatic rings. The van der Waals surface area contributed by atoms with Crippen LogP contribution in [0.1, 0.15) is 37.4 Å². The van der Waals surface area contributed by atoms with Crippen molar-refractivity contribution in [3.63, 3.8) is 0 Å². The van der Waals surface area contributed by atoms with Gasteiger partial charge in [0.25, 0.3) is 0 Å². The summed E-state index contributed by atoms with van der Waals surface area (Å²) in [5, 5.41) is 23.2. The number of aliphatic hydroxyl groups is 2. The monoisotopic (exact) mass is 292 g/mol. The van der Waals surface area contributed by atoms with Crippen LogP contribution in [0.2, 0.25) is 0 Å². The second-order valence-electron chi connectivity index (χ2n) is 6.23. The van der Waals surface area contributed by atoms with E-state index in [1.165, 1.54) is 12.8 Å². The lowest BCUT2D eigenvalue weighted by atomic mass is 9.96. The number of fused-ring (bicyclic) bond motifs is 2. The van der Waals surface area contributed by atoms with Gasteiger partial charge < -0.3 is 15.1 Å². The zero-order chi connectivity index (χ0) is 14.8. The number of rotatable bonds is 5. The van der Waals surface area contributed by atoms with E-state index in [2.05, 4.69) is 27.2 Å². The predicted octanol–water partition coefficient (Wildman–Crippen LogP) is 0.0857. The van der Waals surface area contributed by atoms with Gasteiger partial charge in [0.15, 0.2) is 0 Å². The minimum absolute atomic E-state index is 0.169. The minimum Gasteiger partial charge on any atom is -0.395 e. The number of nitrogens with one attached hydrogen (secondary N) is 1. The molecule has 2 aliphatic heterocycles. The molecule has 2 aliphatic rings. The molecule has 0 spiro atoms. The van der Waals surface area contributed by atoms with Crippen LogP contribution in [0.25, 0.3) is 0 Å². The minimum atomic E-state index is -0.815. The third kappa shape index (κ3) is 3.08. The first kappa shape index (κ1) is 14.8. The van der Waals surface area contributed by atoms with Crippen molar-refractivity contribution in [2.75, 3.05) is 13.7 Å². The maximum Gasteiger partial charge on any atom is 0.137 e. The maximum atomic E-state index is 10.4. The van der Waals surface area contributed by atoms with Gasteiger partial charge in [-0.05, 0) is 38.8 Å². The molecule has 0 aromatic carbocycles. The van der Waals surface area contributed by atoms with Gasteiger partial charge in [-0.25, -0.2) is 9.97 Å². The van der Waals surface area contributed by atoms with Crippen LogP contribution in [0.4, 0.5) is 0 Å². The van der Waals surface area contributed by atoms with Crippen molar-refractivity contribution in [2.45, 2.75) is 56.0 Å². The van der Waals surface area contributed by atoms with Crippen molar-refractivity contribution in [1.82, 2.24) is 20.2 Å². The van der Waals surface area contributed by atoms with Crippen LogP contribution in [-0.2, 0) is 0 Å². The molecule has 2 bridgehead atoms. The molecular weight excluding hydrogens is 268 g/mol. The van der Waals surface area contributed by atoms with Crippen molar-refractivity contribution in [3.8, 4) is 0 Å². The first-order chi connectivity index (χ1) is 10.2. The fourth-order valence-electron chi connectivity index (χ4n) is 3.73. The molecule has 4 atom stereocenters. The normalized spacial score (nSPS) is 32.0. The van der Waals surface area contributed by atoms with Gasteiger partial charge in [-0.3, -0.25) is 5.32 Å². The summed E-state index contributed by atoms with van der Waals surface area (Å²) in [6.07, 6.45) is 7.06. The number of nitrogens with zero attached hydrogens (tertiary/aromatic N) is 3. The Bertz CT molecular complexity index is 444. The highest BCUT2D eigenvalue weighted by atomic mass is 16.3. The fourth-order valence-corrected chi connectivity index (χ4v) is 3.73. The molecule has 2 fully saturated rings. The van der Waals surface area contributed by atoms with Crippen LogP contribution < -0.4 is 5.32 Å². The molecule has 0 aliphatic carbocycles. The van der Waals surface area contributed by atoms with Crippen LogP contribution in [-0.4, -0.2) is 63.1 Å². The molecule has 0 saturated carbocycles. The number of aliphatic hydroxyl groups excluding tert-OH is 2. The molecule has 0 amide bonds. The van der Waals surface area contributed by atoms with E-state index in [0.717, 1.165) is 12.8 Å². The van der Waals surface area contributed by atoms with E-state index in [1.54, 1.807) is 18.5 Å². The summed E-state index contributed by atoms with van der Waals surface area (Å²) in [4.78, 5) is 10.7. The zero-order valence-corrected chi connectivity index (χ0v) is 12.4. The smallest absolute Gasteiger partial charge is 0.137 e. The van der Waals surface area contributed by atoms with Crippen LogP contribution in [0.5, 0.6) is 0 Å². The average molecular weight is 292 g/mol. The molecule has 4 unspecified atom stereocenters. The van der Waals surface area contributed by atoms with Gasteiger partial charge >= 0.3 is 0 Å². The van der Waals surface area contributed by atoms with E-state index in [1.807, 2.05) is 0 Å².